The summed E-state index contributed by atoms with van der Waals surface area (Å²) in [6.07, 6.45) is 6.34. The quantitative estimate of drug-likeness (QED) is 0.171. The van der Waals surface area contributed by atoms with Crippen LogP contribution in [0.25, 0.3) is 44.5 Å². The second kappa shape index (κ2) is 12.7. The highest BCUT2D eigenvalue weighted by atomic mass is 14.6. The summed E-state index contributed by atoms with van der Waals surface area (Å²) in [6.45, 7) is 4.31. The first-order chi connectivity index (χ1) is 22.4. The third kappa shape index (κ3) is 6.21. The van der Waals surface area contributed by atoms with Crippen molar-refractivity contribution in [1.29, 1.82) is 0 Å². The van der Waals surface area contributed by atoms with Crippen LogP contribution < -0.4 is 11.5 Å². The van der Waals surface area contributed by atoms with E-state index in [9.17, 15) is 0 Å². The highest BCUT2D eigenvalue weighted by Crippen LogP contribution is 2.38. The Morgan fingerprint density at radius 2 is 0.565 bits per heavy atom. The van der Waals surface area contributed by atoms with Gasteiger partial charge >= 0.3 is 0 Å². The summed E-state index contributed by atoms with van der Waals surface area (Å²) in [6, 6.07) is 44.7. The van der Waals surface area contributed by atoms with E-state index in [2.05, 4.69) is 135 Å². The summed E-state index contributed by atoms with van der Waals surface area (Å²) in [7, 11) is 0. The molecule has 0 heterocycles. The van der Waals surface area contributed by atoms with Crippen LogP contribution in [0, 0.1) is 13.8 Å². The van der Waals surface area contributed by atoms with Gasteiger partial charge in [-0.2, -0.15) is 0 Å². The Bertz CT molecular complexity index is 1700. The number of nitrogen functional groups attached to an aromatic ring is 2. The van der Waals surface area contributed by atoms with Crippen LogP contribution >= 0.6 is 0 Å². The molecular weight excluding hydrogens is 556 g/mol. The van der Waals surface area contributed by atoms with E-state index in [1.54, 1.807) is 0 Å². The Balaban J connectivity index is 1.22. The normalized spacial score (nSPS) is 13.1. The summed E-state index contributed by atoms with van der Waals surface area (Å²) in [5.41, 5.74) is 32.3. The molecule has 46 heavy (non-hydrogen) atoms. The summed E-state index contributed by atoms with van der Waals surface area (Å²) in [5.74, 6) is 0. The first kappa shape index (κ1) is 29.6. The van der Waals surface area contributed by atoms with E-state index >= 15 is 0 Å². The average Bonchev–Trinajstić information content (AvgIpc) is 3.08. The number of aryl methyl sites for hydroxylation is 6. The monoisotopic (exact) mass is 598 g/mol. The van der Waals surface area contributed by atoms with Crippen molar-refractivity contribution in [3.8, 4) is 44.5 Å². The highest BCUT2D eigenvalue weighted by Gasteiger charge is 2.13. The summed E-state index contributed by atoms with van der Waals surface area (Å²) < 4.78 is 0. The minimum atomic E-state index is 0.842. The third-order valence-corrected chi connectivity index (χ3v) is 9.57. The van der Waals surface area contributed by atoms with E-state index in [0.29, 0.717) is 0 Å². The van der Waals surface area contributed by atoms with E-state index in [4.69, 9.17) is 11.5 Å². The molecular formula is C44H42N2. The summed E-state index contributed by atoms with van der Waals surface area (Å²) in [5, 5.41) is 0. The van der Waals surface area contributed by atoms with E-state index in [1.165, 1.54) is 33.4 Å². The zero-order valence-corrected chi connectivity index (χ0v) is 26.9. The van der Waals surface area contributed by atoms with E-state index in [-0.39, 0.29) is 0 Å². The average molecular weight is 599 g/mol. The lowest BCUT2D eigenvalue weighted by atomic mass is 9.91. The zero-order chi connectivity index (χ0) is 31.6. The lowest BCUT2D eigenvalue weighted by Crippen LogP contribution is -1.97. The molecule has 2 heteroatoms. The third-order valence-electron chi connectivity index (χ3n) is 9.57. The first-order valence-electron chi connectivity index (χ1n) is 16.6. The number of benzene rings is 6. The Morgan fingerprint density at radius 1 is 0.348 bits per heavy atom. The standard InChI is InChI=1S/C44H42N2/c1-29-25-39-35-17-9-31(10-18-35)5-3-7-33-13-21-37(22-14-33)41-27-30(2)28-42(44(41)46)38-23-15-34(16-24-38)8-4-6-32-11-19-36(20-12-32)40(26-29)43(39)45/h9-28H,3-8,45-46H2,1-2H3. The molecule has 0 unspecified atom stereocenters. The number of nitrogens with two attached hydrogens (primary N) is 2. The van der Waals surface area contributed by atoms with Crippen LogP contribution in [0.2, 0.25) is 0 Å². The fourth-order valence-corrected chi connectivity index (χ4v) is 6.95. The first-order valence-corrected chi connectivity index (χ1v) is 16.6. The molecule has 13 rings (SSSR count). The Labute approximate surface area is 273 Å². The molecule has 0 radical (unpaired) electrons. The molecule has 0 aromatic heterocycles. The van der Waals surface area contributed by atoms with Gasteiger partial charge in [0.05, 0.1) is 0 Å². The van der Waals surface area contributed by atoms with Crippen LogP contribution in [0.15, 0.2) is 121 Å². The van der Waals surface area contributed by atoms with Gasteiger partial charge in [-0.25, -0.2) is 0 Å². The van der Waals surface area contributed by atoms with Crippen LogP contribution in [0.5, 0.6) is 0 Å². The van der Waals surface area contributed by atoms with E-state index in [1.807, 2.05) is 0 Å². The van der Waals surface area contributed by atoms with Gasteiger partial charge in [0, 0.05) is 33.6 Å². The van der Waals surface area contributed by atoms with E-state index < -0.39 is 0 Å². The molecule has 7 aliphatic rings. The van der Waals surface area contributed by atoms with Crippen molar-refractivity contribution in [3.05, 3.63) is 155 Å². The number of hydrogen-bond acceptors (Lipinski definition) is 2. The highest BCUT2D eigenvalue weighted by molar-refractivity contribution is 5.91. The molecule has 0 amide bonds. The van der Waals surface area contributed by atoms with Crippen LogP contribution in [0.4, 0.5) is 11.4 Å². The summed E-state index contributed by atoms with van der Waals surface area (Å²) >= 11 is 0. The maximum Gasteiger partial charge on any atom is 0.0473 e. The molecule has 6 aromatic carbocycles. The van der Waals surface area contributed by atoms with Gasteiger partial charge in [-0.1, -0.05) is 97.1 Å². The Morgan fingerprint density at radius 3 is 0.783 bits per heavy atom. The molecule has 0 spiro atoms. The molecule has 4 N–H and O–H groups in total. The van der Waals surface area contributed by atoms with Gasteiger partial charge < -0.3 is 11.5 Å². The molecule has 0 saturated heterocycles. The van der Waals surface area contributed by atoms with Crippen molar-refractivity contribution < 1.29 is 0 Å². The molecule has 0 aliphatic heterocycles. The molecule has 0 saturated carbocycles. The second-order valence-electron chi connectivity index (χ2n) is 13.0. The number of hydrogen-bond donors (Lipinski definition) is 2. The van der Waals surface area contributed by atoms with Gasteiger partial charge in [0.2, 0.25) is 0 Å². The molecule has 0 atom stereocenters. The van der Waals surface area contributed by atoms with Gasteiger partial charge in [0.25, 0.3) is 0 Å². The lowest BCUT2D eigenvalue weighted by Gasteiger charge is -2.15. The van der Waals surface area contributed by atoms with Crippen LogP contribution in [-0.2, 0) is 25.7 Å². The largest absolute Gasteiger partial charge is 0.398 e. The van der Waals surface area contributed by atoms with Gasteiger partial charge in [-0.05, 0) is 132 Å². The molecule has 0 fully saturated rings. The fraction of sp³-hybridized carbons (Fsp3) is 0.182. The Kier molecular flexibility index (Phi) is 8.20. The second-order valence-corrected chi connectivity index (χ2v) is 13.0. The van der Waals surface area contributed by atoms with Gasteiger partial charge in [-0.15, -0.1) is 0 Å². The van der Waals surface area contributed by atoms with Crippen molar-refractivity contribution >= 4 is 11.4 Å². The van der Waals surface area contributed by atoms with Crippen molar-refractivity contribution in [2.24, 2.45) is 0 Å². The van der Waals surface area contributed by atoms with E-state index in [0.717, 1.165) is 94.4 Å². The number of rotatable bonds is 0. The zero-order valence-electron chi connectivity index (χ0n) is 26.9. The minimum Gasteiger partial charge on any atom is -0.398 e. The van der Waals surface area contributed by atoms with Crippen LogP contribution in [0.1, 0.15) is 46.2 Å². The maximum absolute atomic E-state index is 6.84. The van der Waals surface area contributed by atoms with Crippen molar-refractivity contribution in [2.45, 2.75) is 52.4 Å². The Hall–Kier alpha value is -5.08. The predicted molar refractivity (Wildman–Crippen MR) is 197 cm³/mol. The SMILES string of the molecule is Cc1cc2c(N)c(c1)-c1ccc(cc1)CCCc1ccc(cc1)-c1cc(C)cc(c1N)-c1ccc(cc1)CCCc1ccc-2cc1. The predicted octanol–water partition coefficient (Wildman–Crippen LogP) is 10.8. The lowest BCUT2D eigenvalue weighted by molar-refractivity contribution is 0.821. The van der Waals surface area contributed by atoms with Crippen molar-refractivity contribution in [1.82, 2.24) is 0 Å². The molecule has 12 bridgehead atoms. The van der Waals surface area contributed by atoms with Gasteiger partial charge in [0.1, 0.15) is 0 Å². The molecule has 228 valence electrons. The molecule has 7 aliphatic carbocycles. The molecule has 2 nitrogen and oxygen atoms in total. The van der Waals surface area contributed by atoms with Gasteiger partial charge in [0.15, 0.2) is 0 Å². The van der Waals surface area contributed by atoms with Crippen LogP contribution in [-0.4, -0.2) is 0 Å². The van der Waals surface area contributed by atoms with Crippen molar-refractivity contribution in [3.63, 3.8) is 0 Å². The number of anilines is 2. The van der Waals surface area contributed by atoms with Crippen LogP contribution in [0.3, 0.4) is 0 Å². The van der Waals surface area contributed by atoms with Crippen molar-refractivity contribution in [2.75, 3.05) is 11.5 Å². The van der Waals surface area contributed by atoms with Gasteiger partial charge in [-0.3, -0.25) is 0 Å². The summed E-state index contributed by atoms with van der Waals surface area (Å²) in [4.78, 5) is 0. The molecule has 6 aromatic rings. The smallest absolute Gasteiger partial charge is 0.0473 e. The topological polar surface area (TPSA) is 52.0 Å². The minimum absolute atomic E-state index is 0.842. The maximum atomic E-state index is 6.84. The fourth-order valence-electron chi connectivity index (χ4n) is 6.95.